The van der Waals surface area contributed by atoms with Crippen molar-refractivity contribution in [3.8, 4) is 5.75 Å². The number of nitrogens with zero attached hydrogens (tertiary/aromatic N) is 2. The predicted molar refractivity (Wildman–Crippen MR) is 113 cm³/mol. The highest BCUT2D eigenvalue weighted by molar-refractivity contribution is 5.27. The molecule has 0 radical (unpaired) electrons. The number of rotatable bonds is 9. The molecular weight excluding hydrogens is 336 g/mol. The van der Waals surface area contributed by atoms with E-state index in [0.717, 1.165) is 51.4 Å². The molecule has 1 aromatic carbocycles. The number of benzene rings is 1. The SMILES string of the molecule is CCN(Cc1ccc(OC(C)C)cc1)C[C@]1(CN(C)C)CCOC(C)(C)C1. The molecule has 4 nitrogen and oxygen atoms in total. The van der Waals surface area contributed by atoms with Crippen molar-refractivity contribution in [2.45, 2.75) is 65.7 Å². The van der Waals surface area contributed by atoms with E-state index in [2.05, 4.69) is 82.8 Å². The average molecular weight is 377 g/mol. The molecule has 0 unspecified atom stereocenters. The molecule has 1 aromatic rings. The normalized spacial score (nSPS) is 22.6. The van der Waals surface area contributed by atoms with Gasteiger partial charge in [0.15, 0.2) is 0 Å². The van der Waals surface area contributed by atoms with Crippen LogP contribution in [0.4, 0.5) is 0 Å². The quantitative estimate of drug-likeness (QED) is 0.636. The van der Waals surface area contributed by atoms with Gasteiger partial charge in [-0.05, 0) is 78.9 Å². The molecule has 0 aromatic heterocycles. The molecule has 0 N–H and O–H groups in total. The predicted octanol–water partition coefficient (Wildman–Crippen LogP) is 4.43. The van der Waals surface area contributed by atoms with Gasteiger partial charge in [-0.3, -0.25) is 4.90 Å². The molecule has 0 saturated carbocycles. The van der Waals surface area contributed by atoms with Crippen molar-refractivity contribution in [1.82, 2.24) is 9.80 Å². The molecule has 154 valence electrons. The van der Waals surface area contributed by atoms with Gasteiger partial charge in [0.05, 0.1) is 11.7 Å². The van der Waals surface area contributed by atoms with Crippen LogP contribution in [-0.4, -0.2) is 61.8 Å². The van der Waals surface area contributed by atoms with Crippen molar-refractivity contribution in [1.29, 1.82) is 0 Å². The molecule has 1 fully saturated rings. The van der Waals surface area contributed by atoms with Crippen LogP contribution in [0.5, 0.6) is 5.75 Å². The zero-order valence-electron chi connectivity index (χ0n) is 18.5. The third-order valence-corrected chi connectivity index (χ3v) is 5.29. The summed E-state index contributed by atoms with van der Waals surface area (Å²) in [6.45, 7) is 16.0. The monoisotopic (exact) mass is 376 g/mol. The summed E-state index contributed by atoms with van der Waals surface area (Å²) in [6, 6.07) is 8.59. The van der Waals surface area contributed by atoms with E-state index in [1.807, 2.05) is 0 Å². The van der Waals surface area contributed by atoms with Crippen LogP contribution in [-0.2, 0) is 11.3 Å². The summed E-state index contributed by atoms with van der Waals surface area (Å²) >= 11 is 0. The van der Waals surface area contributed by atoms with Crippen LogP contribution in [0.15, 0.2) is 24.3 Å². The maximum Gasteiger partial charge on any atom is 0.119 e. The summed E-state index contributed by atoms with van der Waals surface area (Å²) in [5.41, 5.74) is 1.59. The second kappa shape index (κ2) is 9.40. The van der Waals surface area contributed by atoms with Gasteiger partial charge >= 0.3 is 0 Å². The van der Waals surface area contributed by atoms with Gasteiger partial charge in [-0.2, -0.15) is 0 Å². The van der Waals surface area contributed by atoms with Crippen molar-refractivity contribution in [2.24, 2.45) is 5.41 Å². The van der Waals surface area contributed by atoms with Crippen molar-refractivity contribution >= 4 is 0 Å². The minimum atomic E-state index is -0.0382. The van der Waals surface area contributed by atoms with E-state index in [0.29, 0.717) is 0 Å². The van der Waals surface area contributed by atoms with Crippen LogP contribution in [0, 0.1) is 5.41 Å². The average Bonchev–Trinajstić information content (AvgIpc) is 2.53. The molecule has 0 amide bonds. The first-order valence-electron chi connectivity index (χ1n) is 10.4. The van der Waals surface area contributed by atoms with Crippen molar-refractivity contribution < 1.29 is 9.47 Å². The van der Waals surface area contributed by atoms with Crippen LogP contribution < -0.4 is 4.74 Å². The third kappa shape index (κ3) is 7.10. The summed E-state index contributed by atoms with van der Waals surface area (Å²) in [7, 11) is 4.38. The zero-order chi connectivity index (χ0) is 20.1. The first-order valence-corrected chi connectivity index (χ1v) is 10.4. The Balaban J connectivity index is 2.08. The van der Waals surface area contributed by atoms with Gasteiger partial charge in [0.1, 0.15) is 5.75 Å². The second-order valence-corrected chi connectivity index (χ2v) is 9.39. The lowest BCUT2D eigenvalue weighted by atomic mass is 9.73. The van der Waals surface area contributed by atoms with E-state index < -0.39 is 0 Å². The molecule has 0 bridgehead atoms. The second-order valence-electron chi connectivity index (χ2n) is 9.39. The van der Waals surface area contributed by atoms with E-state index >= 15 is 0 Å². The van der Waals surface area contributed by atoms with Crippen LogP contribution in [0.25, 0.3) is 0 Å². The Morgan fingerprint density at radius 1 is 1.11 bits per heavy atom. The van der Waals surface area contributed by atoms with Gasteiger partial charge < -0.3 is 14.4 Å². The van der Waals surface area contributed by atoms with Gasteiger partial charge in [-0.25, -0.2) is 0 Å². The number of hydrogen-bond acceptors (Lipinski definition) is 4. The molecule has 0 aliphatic carbocycles. The van der Waals surface area contributed by atoms with Gasteiger partial charge in [0.2, 0.25) is 0 Å². The van der Waals surface area contributed by atoms with Gasteiger partial charge in [0.25, 0.3) is 0 Å². The Kier molecular flexibility index (Phi) is 7.73. The van der Waals surface area contributed by atoms with Crippen molar-refractivity contribution in [2.75, 3.05) is 40.3 Å². The topological polar surface area (TPSA) is 24.9 Å². The number of hydrogen-bond donors (Lipinski definition) is 0. The molecule has 1 aliphatic heterocycles. The fraction of sp³-hybridized carbons (Fsp3) is 0.739. The highest BCUT2D eigenvalue weighted by atomic mass is 16.5. The summed E-state index contributed by atoms with van der Waals surface area (Å²) in [5, 5.41) is 0. The summed E-state index contributed by atoms with van der Waals surface area (Å²) in [5.74, 6) is 0.951. The Morgan fingerprint density at radius 2 is 1.78 bits per heavy atom. The maximum absolute atomic E-state index is 6.03. The largest absolute Gasteiger partial charge is 0.491 e. The highest BCUT2D eigenvalue weighted by Crippen LogP contribution is 2.40. The van der Waals surface area contributed by atoms with E-state index in [1.54, 1.807) is 0 Å². The first kappa shape index (κ1) is 22.2. The Labute approximate surface area is 166 Å². The summed E-state index contributed by atoms with van der Waals surface area (Å²) < 4.78 is 11.8. The molecule has 0 spiro atoms. The molecule has 2 rings (SSSR count). The Hall–Kier alpha value is -1.10. The fourth-order valence-corrected chi connectivity index (χ4v) is 4.53. The molecule has 1 atom stereocenters. The molecule has 1 aliphatic rings. The smallest absolute Gasteiger partial charge is 0.119 e. The highest BCUT2D eigenvalue weighted by Gasteiger charge is 2.42. The Morgan fingerprint density at radius 3 is 2.30 bits per heavy atom. The lowest BCUT2D eigenvalue weighted by Crippen LogP contribution is -2.51. The van der Waals surface area contributed by atoms with Crippen LogP contribution in [0.2, 0.25) is 0 Å². The number of ether oxygens (including phenoxy) is 2. The van der Waals surface area contributed by atoms with Crippen LogP contribution in [0.3, 0.4) is 0 Å². The maximum atomic E-state index is 6.03. The van der Waals surface area contributed by atoms with Crippen molar-refractivity contribution in [3.63, 3.8) is 0 Å². The van der Waals surface area contributed by atoms with Crippen molar-refractivity contribution in [3.05, 3.63) is 29.8 Å². The molecular formula is C23H40N2O2. The summed E-state index contributed by atoms with van der Waals surface area (Å²) in [6.07, 6.45) is 2.45. The van der Waals surface area contributed by atoms with Gasteiger partial charge in [0, 0.05) is 31.7 Å². The van der Waals surface area contributed by atoms with Crippen LogP contribution >= 0.6 is 0 Å². The molecule has 4 heteroatoms. The zero-order valence-corrected chi connectivity index (χ0v) is 18.5. The first-order chi connectivity index (χ1) is 12.6. The molecule has 1 saturated heterocycles. The molecule has 1 heterocycles. The summed E-state index contributed by atoms with van der Waals surface area (Å²) in [4.78, 5) is 4.93. The minimum Gasteiger partial charge on any atom is -0.491 e. The lowest BCUT2D eigenvalue weighted by molar-refractivity contribution is -0.117. The van der Waals surface area contributed by atoms with E-state index in [-0.39, 0.29) is 17.1 Å². The lowest BCUT2D eigenvalue weighted by Gasteiger charge is -2.48. The molecule has 27 heavy (non-hydrogen) atoms. The fourth-order valence-electron chi connectivity index (χ4n) is 4.53. The van der Waals surface area contributed by atoms with E-state index in [1.165, 1.54) is 5.56 Å². The third-order valence-electron chi connectivity index (χ3n) is 5.29. The van der Waals surface area contributed by atoms with Crippen LogP contribution in [0.1, 0.15) is 53.0 Å². The standard InChI is InChI=1S/C23H40N2O2/c1-8-25(15-20-9-11-21(12-10-20)27-19(2)3)18-23(17-24(6)7)13-14-26-22(4,5)16-23/h9-12,19H,8,13-18H2,1-7H3/t23-/m1/s1. The van der Waals surface area contributed by atoms with E-state index in [9.17, 15) is 0 Å². The minimum absolute atomic E-state index is 0.0382. The van der Waals surface area contributed by atoms with E-state index in [4.69, 9.17) is 9.47 Å². The van der Waals surface area contributed by atoms with Gasteiger partial charge in [-0.1, -0.05) is 19.1 Å². The Bertz CT molecular complexity index is 568. The van der Waals surface area contributed by atoms with Gasteiger partial charge in [-0.15, -0.1) is 0 Å².